The molecule has 6 nitrogen and oxygen atoms in total. The van der Waals surface area contributed by atoms with E-state index in [-0.39, 0.29) is 24.0 Å². The second kappa shape index (κ2) is 15.6. The van der Waals surface area contributed by atoms with E-state index in [1.165, 1.54) is 31.2 Å². The van der Waals surface area contributed by atoms with E-state index >= 15 is 0 Å². The molecule has 0 aliphatic heterocycles. The van der Waals surface area contributed by atoms with Gasteiger partial charge < -0.3 is 19.7 Å². The maximum Gasteiger partial charge on any atom is 0.317 e. The minimum atomic E-state index is -0.436. The summed E-state index contributed by atoms with van der Waals surface area (Å²) in [6.07, 6.45) is 13.3. The van der Waals surface area contributed by atoms with Crippen molar-refractivity contribution >= 4 is 12.0 Å². The van der Waals surface area contributed by atoms with Crippen molar-refractivity contribution < 1.29 is 19.1 Å². The van der Waals surface area contributed by atoms with E-state index in [2.05, 4.69) is 43.4 Å². The Morgan fingerprint density at radius 3 is 2.41 bits per heavy atom. The molecule has 2 amide bonds. The van der Waals surface area contributed by atoms with Crippen LogP contribution in [0.4, 0.5) is 4.79 Å². The van der Waals surface area contributed by atoms with Crippen molar-refractivity contribution in [3.05, 3.63) is 35.4 Å². The molecule has 2 saturated carbocycles. The van der Waals surface area contributed by atoms with E-state index in [0.717, 1.165) is 56.9 Å². The predicted molar refractivity (Wildman–Crippen MR) is 158 cm³/mol. The van der Waals surface area contributed by atoms with Gasteiger partial charge in [-0.3, -0.25) is 4.79 Å². The lowest BCUT2D eigenvalue weighted by Crippen LogP contribution is -2.46. The van der Waals surface area contributed by atoms with E-state index in [9.17, 15) is 9.59 Å². The topological polar surface area (TPSA) is 67.9 Å². The molecule has 0 heterocycles. The molecule has 3 rings (SSSR count). The molecule has 0 saturated heterocycles. The Labute approximate surface area is 237 Å². The predicted octanol–water partition coefficient (Wildman–Crippen LogP) is 7.56. The van der Waals surface area contributed by atoms with Crippen molar-refractivity contribution in [2.45, 2.75) is 136 Å². The molecule has 0 bridgehead atoms. The van der Waals surface area contributed by atoms with Crippen LogP contribution in [0.25, 0.3) is 0 Å². The molecule has 220 valence electrons. The van der Waals surface area contributed by atoms with Crippen LogP contribution < -0.4 is 5.32 Å². The Bertz CT molecular complexity index is 873. The number of aryl methyl sites for hydroxylation is 1. The van der Waals surface area contributed by atoms with Crippen molar-refractivity contribution in [2.75, 3.05) is 13.2 Å². The van der Waals surface area contributed by atoms with E-state index in [0.29, 0.717) is 31.7 Å². The number of carbonyl (C=O) groups excluding carboxylic acids is 2. The lowest BCUT2D eigenvalue weighted by Gasteiger charge is -2.32. The van der Waals surface area contributed by atoms with E-state index in [1.807, 2.05) is 25.7 Å². The number of amides is 2. The molecule has 3 unspecified atom stereocenters. The average Bonchev–Trinajstić information content (AvgIpc) is 2.89. The van der Waals surface area contributed by atoms with E-state index in [4.69, 9.17) is 9.47 Å². The van der Waals surface area contributed by atoms with E-state index < -0.39 is 5.60 Å². The van der Waals surface area contributed by atoms with Crippen molar-refractivity contribution in [3.63, 3.8) is 0 Å². The van der Waals surface area contributed by atoms with Crippen LogP contribution in [0.15, 0.2) is 24.3 Å². The minimum absolute atomic E-state index is 0.0245. The zero-order valence-corrected chi connectivity index (χ0v) is 25.3. The van der Waals surface area contributed by atoms with Crippen molar-refractivity contribution in [1.82, 2.24) is 10.2 Å². The van der Waals surface area contributed by atoms with Crippen molar-refractivity contribution in [3.8, 4) is 0 Å². The number of ether oxygens (including phenoxy) is 2. The standard InChI is InChI=1S/C33H54N2O4/c1-6-28(31(36)39-33(3,4)5)20-19-26-11-10-14-30(23-26)38-22-21-35(24-27-17-15-25(2)16-18-27)32(37)34-29-12-8-7-9-13-29/h15-18,26,28-30H,6-14,19-24H2,1-5H3,(H,34,37). The molecule has 0 aromatic heterocycles. The highest BCUT2D eigenvalue weighted by molar-refractivity contribution is 5.74. The maximum absolute atomic E-state index is 13.3. The number of hydrogen-bond donors (Lipinski definition) is 1. The molecule has 2 aliphatic rings. The van der Waals surface area contributed by atoms with Crippen LogP contribution in [0.1, 0.15) is 116 Å². The third-order valence-electron chi connectivity index (χ3n) is 8.32. The van der Waals surface area contributed by atoms with Gasteiger partial charge in [0.25, 0.3) is 0 Å². The number of carbonyl (C=O) groups is 2. The van der Waals surface area contributed by atoms with Crippen LogP contribution in [-0.2, 0) is 20.8 Å². The van der Waals surface area contributed by atoms with Crippen LogP contribution in [0.3, 0.4) is 0 Å². The Hall–Kier alpha value is -2.08. The smallest absolute Gasteiger partial charge is 0.317 e. The highest BCUT2D eigenvalue weighted by Gasteiger charge is 2.28. The molecule has 2 aliphatic carbocycles. The monoisotopic (exact) mass is 542 g/mol. The first-order chi connectivity index (χ1) is 18.6. The van der Waals surface area contributed by atoms with Crippen molar-refractivity contribution in [1.29, 1.82) is 0 Å². The minimum Gasteiger partial charge on any atom is -0.460 e. The van der Waals surface area contributed by atoms with Gasteiger partial charge in [0.1, 0.15) is 5.60 Å². The highest BCUT2D eigenvalue weighted by Crippen LogP contribution is 2.32. The summed E-state index contributed by atoms with van der Waals surface area (Å²) in [5, 5.41) is 3.30. The van der Waals surface area contributed by atoms with Gasteiger partial charge in [-0.05, 0) is 84.1 Å². The first-order valence-corrected chi connectivity index (χ1v) is 15.6. The number of rotatable bonds is 12. The van der Waals surface area contributed by atoms with Gasteiger partial charge >= 0.3 is 12.0 Å². The second-order valence-corrected chi connectivity index (χ2v) is 12.9. The fourth-order valence-electron chi connectivity index (χ4n) is 5.97. The van der Waals surface area contributed by atoms with Gasteiger partial charge in [0.2, 0.25) is 0 Å². The zero-order chi connectivity index (χ0) is 28.3. The zero-order valence-electron chi connectivity index (χ0n) is 25.3. The summed E-state index contributed by atoms with van der Waals surface area (Å²) >= 11 is 0. The summed E-state index contributed by atoms with van der Waals surface area (Å²) in [6, 6.07) is 8.77. The fraction of sp³-hybridized carbons (Fsp3) is 0.758. The normalized spacial score (nSPS) is 21.3. The van der Waals surface area contributed by atoms with Crippen molar-refractivity contribution in [2.24, 2.45) is 11.8 Å². The Morgan fingerprint density at radius 1 is 1.03 bits per heavy atom. The third-order valence-corrected chi connectivity index (χ3v) is 8.32. The summed E-state index contributed by atoms with van der Waals surface area (Å²) in [7, 11) is 0. The van der Waals surface area contributed by atoms with Crippen LogP contribution in [0.2, 0.25) is 0 Å². The molecule has 1 N–H and O–H groups in total. The summed E-state index contributed by atoms with van der Waals surface area (Å²) in [5.41, 5.74) is 1.94. The lowest BCUT2D eigenvalue weighted by atomic mass is 9.82. The third kappa shape index (κ3) is 11.5. The van der Waals surface area contributed by atoms with Crippen LogP contribution in [-0.4, -0.2) is 47.8 Å². The summed E-state index contributed by atoms with van der Waals surface area (Å²) < 4.78 is 12.0. The highest BCUT2D eigenvalue weighted by atomic mass is 16.6. The first kappa shape index (κ1) is 31.4. The van der Waals surface area contributed by atoms with Gasteiger partial charge in [-0.2, -0.15) is 0 Å². The summed E-state index contributed by atoms with van der Waals surface area (Å²) in [6.45, 7) is 11.7. The molecular formula is C33H54N2O4. The number of urea groups is 1. The largest absolute Gasteiger partial charge is 0.460 e. The molecule has 1 aromatic rings. The number of nitrogens with zero attached hydrogens (tertiary/aromatic N) is 1. The van der Waals surface area contributed by atoms with Gasteiger partial charge in [-0.1, -0.05) is 68.9 Å². The van der Waals surface area contributed by atoms with Gasteiger partial charge in [0, 0.05) is 19.1 Å². The Kier molecular flexibility index (Phi) is 12.6. The number of nitrogens with one attached hydrogen (secondary N) is 1. The molecule has 3 atom stereocenters. The molecule has 39 heavy (non-hydrogen) atoms. The molecular weight excluding hydrogens is 488 g/mol. The molecule has 6 heteroatoms. The van der Waals surface area contributed by atoms with Gasteiger partial charge in [0.15, 0.2) is 0 Å². The molecule has 1 aromatic carbocycles. The Balaban J connectivity index is 1.48. The van der Waals surface area contributed by atoms with Gasteiger partial charge in [-0.25, -0.2) is 4.79 Å². The van der Waals surface area contributed by atoms with Crippen LogP contribution >= 0.6 is 0 Å². The maximum atomic E-state index is 13.3. The SMILES string of the molecule is CCC(CCC1CCCC(OCCN(Cc2ccc(C)cc2)C(=O)NC2CCCCC2)C1)C(=O)OC(C)(C)C. The number of esters is 1. The number of benzene rings is 1. The van der Waals surface area contributed by atoms with Gasteiger partial charge in [0.05, 0.1) is 18.6 Å². The average molecular weight is 543 g/mol. The second-order valence-electron chi connectivity index (χ2n) is 12.9. The molecule has 2 fully saturated rings. The quantitative estimate of drug-likeness (QED) is 0.277. The van der Waals surface area contributed by atoms with Gasteiger partial charge in [-0.15, -0.1) is 0 Å². The summed E-state index contributed by atoms with van der Waals surface area (Å²) in [4.78, 5) is 27.8. The fourth-order valence-corrected chi connectivity index (χ4v) is 5.97. The Morgan fingerprint density at radius 2 is 1.74 bits per heavy atom. The van der Waals surface area contributed by atoms with Crippen LogP contribution in [0.5, 0.6) is 0 Å². The molecule has 0 spiro atoms. The molecule has 0 radical (unpaired) electrons. The lowest BCUT2D eigenvalue weighted by molar-refractivity contribution is -0.160. The van der Waals surface area contributed by atoms with Crippen LogP contribution in [0, 0.1) is 18.8 Å². The first-order valence-electron chi connectivity index (χ1n) is 15.6. The summed E-state index contributed by atoms with van der Waals surface area (Å²) in [5.74, 6) is 0.496. The number of hydrogen-bond acceptors (Lipinski definition) is 4. The van der Waals surface area contributed by atoms with E-state index in [1.54, 1.807) is 0 Å².